The van der Waals surface area contributed by atoms with Gasteiger partial charge in [0.05, 0.1) is 5.92 Å². The molecule has 1 saturated carbocycles. The van der Waals surface area contributed by atoms with Crippen LogP contribution in [0.3, 0.4) is 0 Å². The van der Waals surface area contributed by atoms with E-state index in [-0.39, 0.29) is 30.9 Å². The first-order valence-electron chi connectivity index (χ1n) is 9.98. The molecule has 0 unspecified atom stereocenters. The van der Waals surface area contributed by atoms with Gasteiger partial charge in [0.2, 0.25) is 5.91 Å². The Bertz CT molecular complexity index is 741. The van der Waals surface area contributed by atoms with Crippen molar-refractivity contribution in [2.24, 2.45) is 5.92 Å². The Morgan fingerprint density at radius 2 is 1.89 bits per heavy atom. The molecule has 0 radical (unpaired) electrons. The lowest BCUT2D eigenvalue weighted by Crippen LogP contribution is -2.39. The summed E-state index contributed by atoms with van der Waals surface area (Å²) < 4.78 is 5.31. The molecule has 1 aliphatic carbocycles. The van der Waals surface area contributed by atoms with E-state index in [0.717, 1.165) is 49.8 Å². The number of ether oxygens (including phenoxy) is 1. The summed E-state index contributed by atoms with van der Waals surface area (Å²) in [6.07, 6.45) is 6.42. The lowest BCUT2D eigenvalue weighted by Gasteiger charge is -2.29. The van der Waals surface area contributed by atoms with Crippen molar-refractivity contribution in [3.05, 3.63) is 29.8 Å². The molecule has 2 amide bonds. The van der Waals surface area contributed by atoms with Gasteiger partial charge >= 0.3 is 5.97 Å². The number of hydrogen-bond acceptors (Lipinski definition) is 4. The molecule has 0 aromatic heterocycles. The van der Waals surface area contributed by atoms with Crippen LogP contribution >= 0.6 is 0 Å². The van der Waals surface area contributed by atoms with Crippen molar-refractivity contribution in [3.63, 3.8) is 0 Å². The number of fused-ring (bicyclic) bond motifs is 1. The first kappa shape index (κ1) is 18.0. The summed E-state index contributed by atoms with van der Waals surface area (Å²) in [4.78, 5) is 40.8. The molecule has 2 heterocycles. The van der Waals surface area contributed by atoms with E-state index in [4.69, 9.17) is 4.74 Å². The predicted octanol–water partition coefficient (Wildman–Crippen LogP) is 2.30. The van der Waals surface area contributed by atoms with Crippen LogP contribution in [0.2, 0.25) is 0 Å². The van der Waals surface area contributed by atoms with Crippen LogP contribution in [0.4, 0.5) is 5.69 Å². The van der Waals surface area contributed by atoms with Gasteiger partial charge in [0.1, 0.15) is 0 Å². The van der Waals surface area contributed by atoms with E-state index in [2.05, 4.69) is 0 Å². The minimum Gasteiger partial charge on any atom is -0.455 e. The predicted molar refractivity (Wildman–Crippen MR) is 100 cm³/mol. The van der Waals surface area contributed by atoms with E-state index in [1.54, 1.807) is 4.90 Å². The summed E-state index contributed by atoms with van der Waals surface area (Å²) in [6, 6.07) is 8.13. The molecule has 2 fully saturated rings. The number of aryl methyl sites for hydroxylation is 1. The molecule has 1 aromatic rings. The quantitative estimate of drug-likeness (QED) is 0.763. The lowest BCUT2D eigenvalue weighted by molar-refractivity contribution is -0.151. The number of hydrogen-bond donors (Lipinski definition) is 0. The zero-order valence-corrected chi connectivity index (χ0v) is 15.6. The van der Waals surface area contributed by atoms with Gasteiger partial charge in [0.15, 0.2) is 6.61 Å². The van der Waals surface area contributed by atoms with Gasteiger partial charge in [-0.15, -0.1) is 0 Å². The summed E-state index contributed by atoms with van der Waals surface area (Å²) in [7, 11) is 0. The number of para-hydroxylation sites is 1. The minimum atomic E-state index is -0.445. The van der Waals surface area contributed by atoms with Crippen molar-refractivity contribution < 1.29 is 19.1 Å². The molecule has 144 valence electrons. The molecule has 6 heteroatoms. The van der Waals surface area contributed by atoms with Crippen molar-refractivity contribution in [3.8, 4) is 0 Å². The Balaban J connectivity index is 1.32. The van der Waals surface area contributed by atoms with Gasteiger partial charge in [-0.3, -0.25) is 14.4 Å². The molecule has 1 atom stereocenters. The number of carbonyl (C=O) groups excluding carboxylic acids is 3. The fraction of sp³-hybridized carbons (Fsp3) is 0.571. The SMILES string of the molecule is O=C(OCC(=O)N1CCCc2ccccc21)[C@@H]1CC(=O)N(C2CCCC2)C1. The third-order valence-corrected chi connectivity index (χ3v) is 6.01. The Labute approximate surface area is 159 Å². The number of carbonyl (C=O) groups is 3. The molecular weight excluding hydrogens is 344 g/mol. The van der Waals surface area contributed by atoms with Crippen molar-refractivity contribution in [2.45, 2.75) is 51.0 Å². The molecule has 1 saturated heterocycles. The van der Waals surface area contributed by atoms with Gasteiger partial charge < -0.3 is 14.5 Å². The number of benzene rings is 1. The number of nitrogens with zero attached hydrogens (tertiary/aromatic N) is 2. The van der Waals surface area contributed by atoms with Crippen LogP contribution in [-0.4, -0.2) is 48.4 Å². The Kier molecular flexibility index (Phi) is 5.14. The third kappa shape index (κ3) is 3.70. The summed E-state index contributed by atoms with van der Waals surface area (Å²) >= 11 is 0. The average Bonchev–Trinajstić information content (AvgIpc) is 3.35. The number of amides is 2. The summed E-state index contributed by atoms with van der Waals surface area (Å²) in [6.45, 7) is 0.815. The summed E-state index contributed by atoms with van der Waals surface area (Å²) in [5.41, 5.74) is 2.06. The van der Waals surface area contributed by atoms with E-state index in [0.29, 0.717) is 13.1 Å². The zero-order chi connectivity index (χ0) is 18.8. The monoisotopic (exact) mass is 370 g/mol. The smallest absolute Gasteiger partial charge is 0.311 e. The topological polar surface area (TPSA) is 66.9 Å². The zero-order valence-electron chi connectivity index (χ0n) is 15.6. The van der Waals surface area contributed by atoms with Gasteiger partial charge in [-0.2, -0.15) is 0 Å². The molecule has 6 nitrogen and oxygen atoms in total. The highest BCUT2D eigenvalue weighted by molar-refractivity contribution is 5.96. The lowest BCUT2D eigenvalue weighted by atomic mass is 10.0. The fourth-order valence-electron chi connectivity index (χ4n) is 4.58. The Morgan fingerprint density at radius 1 is 1.11 bits per heavy atom. The first-order valence-corrected chi connectivity index (χ1v) is 9.98. The maximum Gasteiger partial charge on any atom is 0.311 e. The van der Waals surface area contributed by atoms with E-state index >= 15 is 0 Å². The minimum absolute atomic E-state index is 0.0418. The van der Waals surface area contributed by atoms with Crippen molar-refractivity contribution in [2.75, 3.05) is 24.6 Å². The van der Waals surface area contributed by atoms with Crippen LogP contribution in [0.25, 0.3) is 0 Å². The Morgan fingerprint density at radius 3 is 2.70 bits per heavy atom. The van der Waals surface area contributed by atoms with Gasteiger partial charge in [0, 0.05) is 31.2 Å². The number of esters is 1. The van der Waals surface area contributed by atoms with Crippen LogP contribution in [0.1, 0.15) is 44.1 Å². The molecule has 0 bridgehead atoms. The van der Waals surface area contributed by atoms with Gasteiger partial charge in [-0.25, -0.2) is 0 Å². The van der Waals surface area contributed by atoms with Gasteiger partial charge in [-0.05, 0) is 37.3 Å². The first-order chi connectivity index (χ1) is 13.1. The maximum atomic E-state index is 12.6. The fourth-order valence-corrected chi connectivity index (χ4v) is 4.58. The second-order valence-electron chi connectivity index (χ2n) is 7.77. The Hall–Kier alpha value is -2.37. The van der Waals surface area contributed by atoms with E-state index in [9.17, 15) is 14.4 Å². The highest BCUT2D eigenvalue weighted by Crippen LogP contribution is 2.30. The number of likely N-dealkylation sites (tertiary alicyclic amines) is 1. The third-order valence-electron chi connectivity index (χ3n) is 6.01. The van der Waals surface area contributed by atoms with Crippen LogP contribution in [-0.2, 0) is 25.5 Å². The summed E-state index contributed by atoms with van der Waals surface area (Å²) in [5.74, 6) is -1.03. The molecule has 4 rings (SSSR count). The second kappa shape index (κ2) is 7.71. The second-order valence-corrected chi connectivity index (χ2v) is 7.77. The molecule has 1 aromatic carbocycles. The largest absolute Gasteiger partial charge is 0.455 e. The highest BCUT2D eigenvalue weighted by atomic mass is 16.5. The van der Waals surface area contributed by atoms with Crippen molar-refractivity contribution in [1.82, 2.24) is 4.90 Å². The molecule has 27 heavy (non-hydrogen) atoms. The molecule has 3 aliphatic rings. The van der Waals surface area contributed by atoms with E-state index in [1.807, 2.05) is 29.2 Å². The van der Waals surface area contributed by atoms with Crippen LogP contribution in [0.15, 0.2) is 24.3 Å². The van der Waals surface area contributed by atoms with Gasteiger partial charge in [0.25, 0.3) is 5.91 Å². The van der Waals surface area contributed by atoms with Gasteiger partial charge in [-0.1, -0.05) is 31.0 Å². The van der Waals surface area contributed by atoms with Crippen LogP contribution in [0, 0.1) is 5.92 Å². The normalized spacial score (nSPS) is 22.8. The average molecular weight is 370 g/mol. The number of anilines is 1. The van der Waals surface area contributed by atoms with Crippen molar-refractivity contribution in [1.29, 1.82) is 0 Å². The highest BCUT2D eigenvalue weighted by Gasteiger charge is 2.39. The summed E-state index contributed by atoms with van der Waals surface area (Å²) in [5, 5.41) is 0. The van der Waals surface area contributed by atoms with Crippen molar-refractivity contribution >= 4 is 23.5 Å². The van der Waals surface area contributed by atoms with Crippen LogP contribution < -0.4 is 4.90 Å². The standard InChI is InChI=1S/C21H26N2O4/c24-19-12-16(13-23(19)17-8-2-3-9-17)21(26)27-14-20(25)22-11-5-7-15-6-1-4-10-18(15)22/h1,4,6,10,16-17H,2-3,5,7-9,11-14H2/t16-/m1/s1. The number of rotatable bonds is 4. The maximum absolute atomic E-state index is 12.6. The van der Waals surface area contributed by atoms with Crippen LogP contribution in [0.5, 0.6) is 0 Å². The molecule has 2 aliphatic heterocycles. The molecular formula is C21H26N2O4. The van der Waals surface area contributed by atoms with E-state index in [1.165, 1.54) is 0 Å². The molecule has 0 N–H and O–H groups in total. The van der Waals surface area contributed by atoms with E-state index < -0.39 is 11.9 Å². The molecule has 0 spiro atoms.